The molecule has 2 aliphatic heterocycles. The van der Waals surface area contributed by atoms with E-state index in [4.69, 9.17) is 4.99 Å². The summed E-state index contributed by atoms with van der Waals surface area (Å²) >= 11 is 3.96. The van der Waals surface area contributed by atoms with Gasteiger partial charge in [-0.25, -0.2) is 0 Å². The van der Waals surface area contributed by atoms with Crippen molar-refractivity contribution in [2.45, 2.75) is 20.3 Å². The molecule has 35 heavy (non-hydrogen) atoms. The summed E-state index contributed by atoms with van der Waals surface area (Å²) in [5, 5.41) is 3.10. The molecule has 0 fully saturated rings. The second kappa shape index (κ2) is 8.75. The molecule has 3 heteroatoms. The molecule has 5 aromatic rings. The lowest BCUT2D eigenvalue weighted by Crippen LogP contribution is -2.30. The highest BCUT2D eigenvalue weighted by molar-refractivity contribution is 8.00. The van der Waals surface area contributed by atoms with Gasteiger partial charge in [0.15, 0.2) is 0 Å². The molecule has 0 aliphatic carbocycles. The van der Waals surface area contributed by atoms with Gasteiger partial charge in [-0.3, -0.25) is 4.99 Å². The molecule has 3 atom stereocenters. The van der Waals surface area contributed by atoms with Gasteiger partial charge < -0.3 is 0 Å². The van der Waals surface area contributed by atoms with Crippen LogP contribution in [0, 0.1) is 5.92 Å². The average Bonchev–Trinajstić information content (AvgIpc) is 3.10. The smallest absolute Gasteiger partial charge is 0.0769 e. The number of fused-ring (bicyclic) bond motifs is 5. The second-order valence-corrected chi connectivity index (χ2v) is 11.4. The summed E-state index contributed by atoms with van der Waals surface area (Å²) in [5.41, 5.74) is 6.29. The molecule has 0 amide bonds. The molecule has 168 valence electrons. The number of benzene rings is 5. The first-order valence-corrected chi connectivity index (χ1v) is 13.7. The standard InChI is InChI=1S/C32H23NS2/c1-2-11-22(12-3-1)31-29-30(25-14-6-8-16-27(25)34-31)33-26-15-7-9-17-28(26)35-32(29)24-19-18-21-10-4-5-13-23(21)20-24/h1-20,29,31-32H. The molecule has 0 aromatic heterocycles. The van der Waals surface area contributed by atoms with E-state index in [2.05, 4.69) is 121 Å². The van der Waals surface area contributed by atoms with E-state index in [0.29, 0.717) is 0 Å². The van der Waals surface area contributed by atoms with Crippen LogP contribution in [0.1, 0.15) is 27.2 Å². The van der Waals surface area contributed by atoms with E-state index in [1.807, 2.05) is 23.5 Å². The normalized spacial score (nSPS) is 20.8. The van der Waals surface area contributed by atoms with Crippen LogP contribution in [-0.4, -0.2) is 5.71 Å². The molecule has 0 saturated heterocycles. The summed E-state index contributed by atoms with van der Waals surface area (Å²) in [6.45, 7) is 0. The largest absolute Gasteiger partial charge is 0.251 e. The summed E-state index contributed by atoms with van der Waals surface area (Å²) < 4.78 is 0. The third kappa shape index (κ3) is 3.71. The maximum atomic E-state index is 5.40. The maximum absolute atomic E-state index is 5.40. The van der Waals surface area contributed by atoms with Crippen molar-refractivity contribution in [3.8, 4) is 0 Å². The van der Waals surface area contributed by atoms with Crippen molar-refractivity contribution in [2.24, 2.45) is 10.9 Å². The fourth-order valence-electron chi connectivity index (χ4n) is 5.32. The van der Waals surface area contributed by atoms with Gasteiger partial charge >= 0.3 is 0 Å². The Hall–Kier alpha value is -3.27. The van der Waals surface area contributed by atoms with Crippen LogP contribution in [0.25, 0.3) is 10.8 Å². The van der Waals surface area contributed by atoms with Gasteiger partial charge in [-0.1, -0.05) is 97.1 Å². The monoisotopic (exact) mass is 485 g/mol. The summed E-state index contributed by atoms with van der Waals surface area (Å²) in [6.07, 6.45) is 0. The Labute approximate surface area is 214 Å². The van der Waals surface area contributed by atoms with Crippen LogP contribution in [0.15, 0.2) is 136 Å². The summed E-state index contributed by atoms with van der Waals surface area (Å²) in [6, 6.07) is 44.1. The van der Waals surface area contributed by atoms with E-state index in [-0.39, 0.29) is 16.4 Å². The summed E-state index contributed by atoms with van der Waals surface area (Å²) in [5.74, 6) is 0.232. The Balaban J connectivity index is 1.49. The first-order valence-electron chi connectivity index (χ1n) is 12.0. The van der Waals surface area contributed by atoms with Crippen molar-refractivity contribution in [3.05, 3.63) is 138 Å². The molecular weight excluding hydrogens is 462 g/mol. The van der Waals surface area contributed by atoms with Crippen LogP contribution in [0.2, 0.25) is 0 Å². The first-order chi connectivity index (χ1) is 17.3. The molecule has 0 N–H and O–H groups in total. The van der Waals surface area contributed by atoms with Crippen LogP contribution in [0.3, 0.4) is 0 Å². The fourth-order valence-corrected chi connectivity index (χ4v) is 8.25. The summed E-state index contributed by atoms with van der Waals surface area (Å²) in [4.78, 5) is 7.97. The van der Waals surface area contributed by atoms with Crippen LogP contribution in [0.5, 0.6) is 0 Å². The average molecular weight is 486 g/mol. The fraction of sp³-hybridized carbons (Fsp3) is 0.0938. The lowest BCUT2D eigenvalue weighted by Gasteiger charge is -2.38. The zero-order valence-corrected chi connectivity index (χ0v) is 20.7. The highest BCUT2D eigenvalue weighted by atomic mass is 32.2. The van der Waals surface area contributed by atoms with Gasteiger partial charge in [0.1, 0.15) is 0 Å². The molecule has 3 unspecified atom stereocenters. The van der Waals surface area contributed by atoms with E-state index in [9.17, 15) is 0 Å². The van der Waals surface area contributed by atoms with E-state index in [0.717, 1.165) is 5.69 Å². The lowest BCUT2D eigenvalue weighted by molar-refractivity contribution is 0.650. The zero-order valence-electron chi connectivity index (χ0n) is 19.0. The quantitative estimate of drug-likeness (QED) is 0.247. The van der Waals surface area contributed by atoms with Crippen molar-refractivity contribution in [2.75, 3.05) is 0 Å². The van der Waals surface area contributed by atoms with Gasteiger partial charge in [0.05, 0.1) is 11.4 Å². The van der Waals surface area contributed by atoms with E-state index in [1.165, 1.54) is 43.0 Å². The molecule has 0 saturated carbocycles. The first kappa shape index (κ1) is 21.0. The Morgan fingerprint density at radius 2 is 1.17 bits per heavy atom. The van der Waals surface area contributed by atoms with Gasteiger partial charge in [-0.2, -0.15) is 0 Å². The molecule has 5 aromatic carbocycles. The van der Waals surface area contributed by atoms with Crippen LogP contribution in [0.4, 0.5) is 5.69 Å². The SMILES string of the molecule is c1ccc(C2Sc3ccccc3C3=Nc4ccccc4SC(c4ccc5ccccc5c4)C32)cc1. The predicted molar refractivity (Wildman–Crippen MR) is 150 cm³/mol. The molecule has 2 aliphatic rings. The van der Waals surface area contributed by atoms with Gasteiger partial charge in [0, 0.05) is 31.8 Å². The Morgan fingerprint density at radius 3 is 2.06 bits per heavy atom. The number of para-hydroxylation sites is 1. The summed E-state index contributed by atoms with van der Waals surface area (Å²) in [7, 11) is 0. The van der Waals surface area contributed by atoms with Gasteiger partial charge in [-0.05, 0) is 46.2 Å². The Morgan fingerprint density at radius 1 is 0.514 bits per heavy atom. The molecule has 0 bridgehead atoms. The number of nitrogens with zero attached hydrogens (tertiary/aromatic N) is 1. The van der Waals surface area contributed by atoms with Gasteiger partial charge in [-0.15, -0.1) is 23.5 Å². The minimum atomic E-state index is 0.232. The number of hydrogen-bond acceptors (Lipinski definition) is 3. The minimum absolute atomic E-state index is 0.232. The maximum Gasteiger partial charge on any atom is 0.0769 e. The lowest BCUT2D eigenvalue weighted by atomic mass is 9.83. The number of aliphatic imine (C=N–C) groups is 1. The van der Waals surface area contributed by atoms with Crippen molar-refractivity contribution in [3.63, 3.8) is 0 Å². The molecular formula is C32H23NS2. The van der Waals surface area contributed by atoms with Crippen molar-refractivity contribution < 1.29 is 0 Å². The molecule has 1 nitrogen and oxygen atoms in total. The topological polar surface area (TPSA) is 12.4 Å². The van der Waals surface area contributed by atoms with Crippen molar-refractivity contribution in [1.82, 2.24) is 0 Å². The van der Waals surface area contributed by atoms with Gasteiger partial charge in [0.25, 0.3) is 0 Å². The van der Waals surface area contributed by atoms with E-state index < -0.39 is 0 Å². The molecule has 0 spiro atoms. The second-order valence-electron chi connectivity index (χ2n) is 9.08. The van der Waals surface area contributed by atoms with Crippen molar-refractivity contribution in [1.29, 1.82) is 0 Å². The third-order valence-electron chi connectivity index (χ3n) is 6.98. The number of rotatable bonds is 2. The van der Waals surface area contributed by atoms with E-state index in [1.54, 1.807) is 0 Å². The molecule has 0 radical (unpaired) electrons. The van der Waals surface area contributed by atoms with E-state index >= 15 is 0 Å². The highest BCUT2D eigenvalue weighted by Crippen LogP contribution is 2.59. The van der Waals surface area contributed by atoms with Gasteiger partial charge in [0.2, 0.25) is 0 Å². The molecule has 2 heterocycles. The Bertz CT molecular complexity index is 1570. The van der Waals surface area contributed by atoms with Crippen LogP contribution >= 0.6 is 23.5 Å². The minimum Gasteiger partial charge on any atom is -0.251 e. The van der Waals surface area contributed by atoms with Crippen LogP contribution in [-0.2, 0) is 0 Å². The van der Waals surface area contributed by atoms with Crippen molar-refractivity contribution >= 4 is 45.7 Å². The molecule has 7 rings (SSSR count). The number of thioether (sulfide) groups is 2. The number of hydrogen-bond donors (Lipinski definition) is 0. The third-order valence-corrected chi connectivity index (χ3v) is 9.82. The Kier molecular flexibility index (Phi) is 5.26. The zero-order chi connectivity index (χ0) is 23.2. The van der Waals surface area contributed by atoms with Crippen LogP contribution < -0.4 is 0 Å². The highest BCUT2D eigenvalue weighted by Gasteiger charge is 2.43. The predicted octanol–water partition coefficient (Wildman–Crippen LogP) is 9.27.